The first kappa shape index (κ1) is 11.9. The molecule has 0 saturated heterocycles. The quantitative estimate of drug-likeness (QED) is 0.662. The number of pyridine rings is 1. The van der Waals surface area contributed by atoms with Crippen molar-refractivity contribution in [1.82, 2.24) is 4.98 Å². The van der Waals surface area contributed by atoms with Gasteiger partial charge in [0, 0.05) is 24.0 Å². The lowest BCUT2D eigenvalue weighted by atomic mass is 10.3. The van der Waals surface area contributed by atoms with Crippen molar-refractivity contribution in [2.75, 3.05) is 12.8 Å². The van der Waals surface area contributed by atoms with E-state index in [9.17, 15) is 4.79 Å². The van der Waals surface area contributed by atoms with Crippen molar-refractivity contribution in [2.45, 2.75) is 0 Å². The van der Waals surface area contributed by atoms with Gasteiger partial charge in [0.2, 0.25) is 5.88 Å². The van der Waals surface area contributed by atoms with E-state index in [-0.39, 0.29) is 0 Å². The highest BCUT2D eigenvalue weighted by atomic mass is 16.5. The van der Waals surface area contributed by atoms with Crippen molar-refractivity contribution >= 4 is 11.7 Å². The normalized spacial score (nSPS) is 9.83. The number of carbonyl (C=O) groups is 1. The number of benzene rings is 1. The van der Waals surface area contributed by atoms with Crippen LogP contribution < -0.4 is 10.5 Å². The average Bonchev–Trinajstić information content (AvgIpc) is 2.39. The van der Waals surface area contributed by atoms with Crippen molar-refractivity contribution in [3.8, 4) is 11.6 Å². The lowest BCUT2D eigenvalue weighted by molar-refractivity contribution is 0.0600. The summed E-state index contributed by atoms with van der Waals surface area (Å²) in [6, 6.07) is 10.2. The molecule has 5 nitrogen and oxygen atoms in total. The summed E-state index contributed by atoms with van der Waals surface area (Å²) in [6.07, 6.45) is 1.40. The monoisotopic (exact) mass is 244 g/mol. The van der Waals surface area contributed by atoms with Crippen LogP contribution in [0.3, 0.4) is 0 Å². The SMILES string of the molecule is COC(=O)c1ccc(Oc2cccc(N)c2)nc1. The molecule has 0 saturated carbocycles. The zero-order valence-electron chi connectivity index (χ0n) is 9.79. The second-order valence-corrected chi connectivity index (χ2v) is 3.55. The molecule has 2 N–H and O–H groups in total. The number of hydrogen-bond acceptors (Lipinski definition) is 5. The number of hydrogen-bond donors (Lipinski definition) is 1. The predicted molar refractivity (Wildman–Crippen MR) is 66.5 cm³/mol. The van der Waals surface area contributed by atoms with Crippen LogP contribution in [0.25, 0.3) is 0 Å². The maximum Gasteiger partial charge on any atom is 0.339 e. The molecule has 5 heteroatoms. The fourth-order valence-electron chi connectivity index (χ4n) is 1.38. The maximum absolute atomic E-state index is 11.2. The number of anilines is 1. The van der Waals surface area contributed by atoms with E-state index in [0.717, 1.165) is 0 Å². The molecule has 1 aromatic heterocycles. The second kappa shape index (κ2) is 5.18. The Morgan fingerprint density at radius 2 is 2.11 bits per heavy atom. The Kier molecular flexibility index (Phi) is 3.43. The molecule has 0 amide bonds. The molecule has 0 aliphatic heterocycles. The molecular weight excluding hydrogens is 232 g/mol. The number of esters is 1. The standard InChI is InChI=1S/C13H12N2O3/c1-17-13(16)9-5-6-12(15-8-9)18-11-4-2-3-10(14)7-11/h2-8H,14H2,1H3. The van der Waals surface area contributed by atoms with Gasteiger partial charge in [0.15, 0.2) is 0 Å². The lowest BCUT2D eigenvalue weighted by Gasteiger charge is -2.05. The van der Waals surface area contributed by atoms with Crippen LogP contribution in [0.15, 0.2) is 42.6 Å². The molecule has 1 aromatic carbocycles. The number of carbonyl (C=O) groups excluding carboxylic acids is 1. The van der Waals surface area contributed by atoms with Crippen LogP contribution in [0.4, 0.5) is 5.69 Å². The Morgan fingerprint density at radius 1 is 1.28 bits per heavy atom. The number of nitrogen functional groups attached to an aromatic ring is 1. The fourth-order valence-corrected chi connectivity index (χ4v) is 1.38. The molecule has 1 heterocycles. The molecule has 0 bridgehead atoms. The minimum atomic E-state index is -0.432. The topological polar surface area (TPSA) is 74.4 Å². The lowest BCUT2D eigenvalue weighted by Crippen LogP contribution is -2.01. The zero-order chi connectivity index (χ0) is 13.0. The summed E-state index contributed by atoms with van der Waals surface area (Å²) in [5.74, 6) is 0.541. The van der Waals surface area contributed by atoms with Crippen LogP contribution >= 0.6 is 0 Å². The molecule has 0 unspecified atom stereocenters. The third kappa shape index (κ3) is 2.76. The van der Waals surface area contributed by atoms with Gasteiger partial charge in [0.1, 0.15) is 5.75 Å². The number of ether oxygens (including phenoxy) is 2. The first-order valence-electron chi connectivity index (χ1n) is 5.27. The molecule has 0 radical (unpaired) electrons. The van der Waals surface area contributed by atoms with Crippen molar-refractivity contribution in [3.63, 3.8) is 0 Å². The van der Waals surface area contributed by atoms with Crippen molar-refractivity contribution in [1.29, 1.82) is 0 Å². The number of nitrogens with zero attached hydrogens (tertiary/aromatic N) is 1. The third-order valence-electron chi connectivity index (χ3n) is 2.24. The van der Waals surface area contributed by atoms with Crippen LogP contribution in [0.5, 0.6) is 11.6 Å². The summed E-state index contributed by atoms with van der Waals surface area (Å²) in [5, 5.41) is 0. The summed E-state index contributed by atoms with van der Waals surface area (Å²) < 4.78 is 10.1. The van der Waals surface area contributed by atoms with E-state index in [2.05, 4.69) is 9.72 Å². The summed E-state index contributed by atoms with van der Waals surface area (Å²) in [6.45, 7) is 0. The maximum atomic E-state index is 11.2. The third-order valence-corrected chi connectivity index (χ3v) is 2.24. The van der Waals surface area contributed by atoms with Crippen LogP contribution in [0.1, 0.15) is 10.4 Å². The van der Waals surface area contributed by atoms with Crippen LogP contribution in [0.2, 0.25) is 0 Å². The van der Waals surface area contributed by atoms with E-state index >= 15 is 0 Å². The van der Waals surface area contributed by atoms with Gasteiger partial charge in [-0.15, -0.1) is 0 Å². The van der Waals surface area contributed by atoms with E-state index < -0.39 is 5.97 Å². The molecule has 0 atom stereocenters. The van der Waals surface area contributed by atoms with Crippen molar-refractivity contribution < 1.29 is 14.3 Å². The molecule has 2 rings (SSSR count). The highest BCUT2D eigenvalue weighted by Gasteiger charge is 2.06. The van der Waals surface area contributed by atoms with Gasteiger partial charge in [-0.1, -0.05) is 6.07 Å². The van der Waals surface area contributed by atoms with Gasteiger partial charge >= 0.3 is 5.97 Å². The van der Waals surface area contributed by atoms with Gasteiger partial charge in [-0.2, -0.15) is 0 Å². The van der Waals surface area contributed by atoms with E-state index in [1.165, 1.54) is 13.3 Å². The van der Waals surface area contributed by atoms with Crippen molar-refractivity contribution in [3.05, 3.63) is 48.2 Å². The summed E-state index contributed by atoms with van der Waals surface area (Å²) >= 11 is 0. The molecule has 18 heavy (non-hydrogen) atoms. The van der Waals surface area contributed by atoms with Gasteiger partial charge in [-0.3, -0.25) is 0 Å². The number of aromatic nitrogens is 1. The smallest absolute Gasteiger partial charge is 0.339 e. The summed E-state index contributed by atoms with van der Waals surface area (Å²) in [7, 11) is 1.32. The van der Waals surface area contributed by atoms with Gasteiger partial charge < -0.3 is 15.2 Å². The first-order valence-corrected chi connectivity index (χ1v) is 5.27. The van der Waals surface area contributed by atoms with Crippen LogP contribution in [-0.2, 0) is 4.74 Å². The molecule has 2 aromatic rings. The highest BCUT2D eigenvalue weighted by molar-refractivity contribution is 5.88. The summed E-state index contributed by atoms with van der Waals surface area (Å²) in [5.41, 5.74) is 6.62. The highest BCUT2D eigenvalue weighted by Crippen LogP contribution is 2.21. The van der Waals surface area contributed by atoms with Gasteiger partial charge in [-0.25, -0.2) is 9.78 Å². The summed E-state index contributed by atoms with van der Waals surface area (Å²) in [4.78, 5) is 15.2. The minimum absolute atomic E-state index is 0.373. The number of rotatable bonds is 3. The minimum Gasteiger partial charge on any atom is -0.465 e. The first-order chi connectivity index (χ1) is 8.69. The van der Waals surface area contributed by atoms with Crippen LogP contribution in [0, 0.1) is 0 Å². The van der Waals surface area contributed by atoms with E-state index in [4.69, 9.17) is 10.5 Å². The van der Waals surface area contributed by atoms with Crippen molar-refractivity contribution in [2.24, 2.45) is 0 Å². The molecular formula is C13H12N2O3. The van der Waals surface area contributed by atoms with E-state index in [1.54, 1.807) is 36.4 Å². The van der Waals surface area contributed by atoms with Gasteiger partial charge in [-0.05, 0) is 18.2 Å². The molecule has 0 aliphatic rings. The average molecular weight is 244 g/mol. The Balaban J connectivity index is 2.13. The zero-order valence-corrected chi connectivity index (χ0v) is 9.79. The molecule has 0 aliphatic carbocycles. The van der Waals surface area contributed by atoms with Gasteiger partial charge in [0.05, 0.1) is 12.7 Å². The van der Waals surface area contributed by atoms with E-state index in [0.29, 0.717) is 22.9 Å². The largest absolute Gasteiger partial charge is 0.465 e. The number of methoxy groups -OCH3 is 1. The van der Waals surface area contributed by atoms with Gasteiger partial charge in [0.25, 0.3) is 0 Å². The molecule has 92 valence electrons. The molecule has 0 fully saturated rings. The second-order valence-electron chi connectivity index (χ2n) is 3.55. The number of nitrogens with two attached hydrogens (primary N) is 1. The van der Waals surface area contributed by atoms with E-state index in [1.807, 2.05) is 0 Å². The van der Waals surface area contributed by atoms with Crippen LogP contribution in [-0.4, -0.2) is 18.1 Å². The Hall–Kier alpha value is -2.56. The Labute approximate surface area is 104 Å². The molecule has 0 spiro atoms. The fraction of sp³-hybridized carbons (Fsp3) is 0.0769. The Bertz CT molecular complexity index is 552. The Morgan fingerprint density at radius 3 is 2.72 bits per heavy atom. The predicted octanol–water partition coefficient (Wildman–Crippen LogP) is 2.24.